The second-order valence-electron chi connectivity index (χ2n) is 4.08. The van der Waals surface area contributed by atoms with Crippen LogP contribution in [0.5, 0.6) is 0 Å². The van der Waals surface area contributed by atoms with E-state index in [1.807, 2.05) is 24.6 Å². The first-order valence-corrected chi connectivity index (χ1v) is 5.78. The Bertz CT molecular complexity index is 298. The molecule has 1 rings (SSSR count). The Balaban J connectivity index is 2.66. The van der Waals surface area contributed by atoms with E-state index in [1.165, 1.54) is 0 Å². The summed E-state index contributed by atoms with van der Waals surface area (Å²) in [6.45, 7) is 7.61. The number of hydrazine groups is 1. The second kappa shape index (κ2) is 6.62. The van der Waals surface area contributed by atoms with Crippen LogP contribution in [0.15, 0.2) is 12.3 Å². The van der Waals surface area contributed by atoms with E-state index in [1.54, 1.807) is 6.20 Å². The normalized spacial score (nSPS) is 13.3. The number of nitrogens with zero attached hydrogens (tertiary/aromatic N) is 2. The third kappa shape index (κ3) is 3.59. The van der Waals surface area contributed by atoms with Crippen LogP contribution in [0.4, 0.5) is 0 Å². The lowest BCUT2D eigenvalue weighted by atomic mass is 10.2. The highest BCUT2D eigenvalue weighted by atomic mass is 16.5. The molecule has 0 radical (unpaired) electrons. The van der Waals surface area contributed by atoms with Crippen molar-refractivity contribution in [2.75, 3.05) is 6.61 Å². The molecule has 0 amide bonds. The average molecular weight is 226 g/mol. The minimum Gasteiger partial charge on any atom is -0.377 e. The number of hydrogen-bond acceptors (Lipinski definition) is 4. The third-order valence-corrected chi connectivity index (χ3v) is 2.34. The molecule has 0 bridgehead atoms. The average Bonchev–Trinajstić information content (AvgIpc) is 2.68. The van der Waals surface area contributed by atoms with Gasteiger partial charge in [-0.3, -0.25) is 10.5 Å². The van der Waals surface area contributed by atoms with Gasteiger partial charge in [-0.1, -0.05) is 6.92 Å². The highest BCUT2D eigenvalue weighted by Crippen LogP contribution is 2.13. The minimum atomic E-state index is -0.00329. The molecule has 0 spiro atoms. The van der Waals surface area contributed by atoms with Crippen molar-refractivity contribution in [1.82, 2.24) is 15.2 Å². The van der Waals surface area contributed by atoms with Gasteiger partial charge in [0.15, 0.2) is 0 Å². The Labute approximate surface area is 96.9 Å². The number of aryl methyl sites for hydroxylation is 1. The summed E-state index contributed by atoms with van der Waals surface area (Å²) in [6.07, 6.45) is 3.06. The van der Waals surface area contributed by atoms with Crippen molar-refractivity contribution in [3.8, 4) is 0 Å². The van der Waals surface area contributed by atoms with Gasteiger partial charge in [-0.2, -0.15) is 5.10 Å². The van der Waals surface area contributed by atoms with Crippen LogP contribution >= 0.6 is 0 Å². The van der Waals surface area contributed by atoms with Crippen molar-refractivity contribution in [1.29, 1.82) is 0 Å². The molecule has 1 aromatic heterocycles. The van der Waals surface area contributed by atoms with Gasteiger partial charge >= 0.3 is 0 Å². The molecule has 5 nitrogen and oxygen atoms in total. The highest BCUT2D eigenvalue weighted by molar-refractivity contribution is 5.06. The number of rotatable bonds is 7. The van der Waals surface area contributed by atoms with Gasteiger partial charge in [0.25, 0.3) is 0 Å². The summed E-state index contributed by atoms with van der Waals surface area (Å²) in [6, 6.07) is 1.97. The van der Waals surface area contributed by atoms with Crippen LogP contribution < -0.4 is 11.3 Å². The molecule has 92 valence electrons. The van der Waals surface area contributed by atoms with Gasteiger partial charge in [-0.15, -0.1) is 0 Å². The van der Waals surface area contributed by atoms with Crippen LogP contribution in [0, 0.1) is 0 Å². The van der Waals surface area contributed by atoms with Crippen molar-refractivity contribution < 1.29 is 4.74 Å². The van der Waals surface area contributed by atoms with Crippen molar-refractivity contribution in [2.24, 2.45) is 5.84 Å². The monoisotopic (exact) mass is 226 g/mol. The fourth-order valence-corrected chi connectivity index (χ4v) is 1.55. The molecule has 5 heteroatoms. The largest absolute Gasteiger partial charge is 0.377 e. The Morgan fingerprint density at radius 1 is 1.56 bits per heavy atom. The van der Waals surface area contributed by atoms with Crippen molar-refractivity contribution in [2.45, 2.75) is 45.9 Å². The maximum absolute atomic E-state index is 5.57. The lowest BCUT2D eigenvalue weighted by molar-refractivity contribution is 0.0593. The lowest BCUT2D eigenvalue weighted by Gasteiger charge is -2.19. The van der Waals surface area contributed by atoms with Crippen molar-refractivity contribution >= 4 is 0 Å². The number of nitrogens with one attached hydrogen (secondary N) is 1. The van der Waals surface area contributed by atoms with Crippen molar-refractivity contribution in [3.05, 3.63) is 18.0 Å². The Morgan fingerprint density at radius 2 is 2.31 bits per heavy atom. The van der Waals surface area contributed by atoms with Gasteiger partial charge < -0.3 is 4.74 Å². The maximum Gasteiger partial charge on any atom is 0.0862 e. The molecule has 0 fully saturated rings. The van der Waals surface area contributed by atoms with E-state index in [0.29, 0.717) is 6.61 Å². The van der Waals surface area contributed by atoms with Gasteiger partial charge in [0.2, 0.25) is 0 Å². The first kappa shape index (κ1) is 13.2. The minimum absolute atomic E-state index is 0.00329. The predicted molar refractivity (Wildman–Crippen MR) is 63.7 cm³/mol. The number of hydrogen-bond donors (Lipinski definition) is 2. The highest BCUT2D eigenvalue weighted by Gasteiger charge is 2.15. The summed E-state index contributed by atoms with van der Waals surface area (Å²) in [4.78, 5) is 0. The molecule has 0 aromatic carbocycles. The molecule has 1 heterocycles. The summed E-state index contributed by atoms with van der Waals surface area (Å²) in [5.41, 5.74) is 3.85. The summed E-state index contributed by atoms with van der Waals surface area (Å²) >= 11 is 0. The molecule has 1 aromatic rings. The van der Waals surface area contributed by atoms with Crippen molar-refractivity contribution in [3.63, 3.8) is 0 Å². The Morgan fingerprint density at radius 3 is 2.88 bits per heavy atom. The zero-order valence-electron chi connectivity index (χ0n) is 10.3. The number of ether oxygens (including phenoxy) is 1. The van der Waals surface area contributed by atoms with Crippen LogP contribution in [-0.2, 0) is 11.3 Å². The molecule has 0 aliphatic rings. The molecule has 1 atom stereocenters. The fourth-order valence-electron chi connectivity index (χ4n) is 1.55. The van der Waals surface area contributed by atoms with E-state index >= 15 is 0 Å². The second-order valence-corrected chi connectivity index (χ2v) is 4.08. The molecule has 16 heavy (non-hydrogen) atoms. The number of nitrogens with two attached hydrogens (primary N) is 1. The van der Waals surface area contributed by atoms with Crippen LogP contribution in [0.1, 0.15) is 38.9 Å². The SMILES string of the molecule is CCCn1nccc1C(COC(C)C)NN. The molecule has 0 saturated carbocycles. The first-order valence-electron chi connectivity index (χ1n) is 5.78. The maximum atomic E-state index is 5.57. The fraction of sp³-hybridized carbons (Fsp3) is 0.727. The van der Waals surface area contributed by atoms with Crippen LogP contribution in [0.2, 0.25) is 0 Å². The van der Waals surface area contributed by atoms with Gasteiger partial charge in [0.1, 0.15) is 0 Å². The van der Waals surface area contributed by atoms with E-state index in [2.05, 4.69) is 17.4 Å². The zero-order chi connectivity index (χ0) is 12.0. The van der Waals surface area contributed by atoms with E-state index in [-0.39, 0.29) is 12.1 Å². The van der Waals surface area contributed by atoms with Gasteiger partial charge in [0, 0.05) is 12.7 Å². The van der Waals surface area contributed by atoms with Gasteiger partial charge in [0.05, 0.1) is 24.4 Å². The summed E-state index contributed by atoms with van der Waals surface area (Å²) in [7, 11) is 0. The van der Waals surface area contributed by atoms with E-state index in [0.717, 1.165) is 18.7 Å². The van der Waals surface area contributed by atoms with E-state index in [9.17, 15) is 0 Å². The molecule has 1 unspecified atom stereocenters. The topological polar surface area (TPSA) is 65.1 Å². The standard InChI is InChI=1S/C11H22N4O/c1-4-7-15-11(5-6-13-15)10(14-12)8-16-9(2)3/h5-6,9-10,14H,4,7-8,12H2,1-3H3. The summed E-state index contributed by atoms with van der Waals surface area (Å²) < 4.78 is 7.53. The van der Waals surface area contributed by atoms with E-state index < -0.39 is 0 Å². The third-order valence-electron chi connectivity index (χ3n) is 2.34. The van der Waals surface area contributed by atoms with Crippen LogP contribution in [0.25, 0.3) is 0 Å². The Kier molecular flexibility index (Phi) is 5.45. The smallest absolute Gasteiger partial charge is 0.0862 e. The van der Waals surface area contributed by atoms with Crippen LogP contribution in [0.3, 0.4) is 0 Å². The first-order chi connectivity index (χ1) is 7.69. The molecule has 3 N–H and O–H groups in total. The molecular weight excluding hydrogens is 204 g/mol. The Hall–Kier alpha value is -0.910. The predicted octanol–water partition coefficient (Wildman–Crippen LogP) is 1.22. The van der Waals surface area contributed by atoms with Crippen LogP contribution in [-0.4, -0.2) is 22.5 Å². The molecule has 0 aliphatic carbocycles. The van der Waals surface area contributed by atoms with Gasteiger partial charge in [-0.05, 0) is 26.3 Å². The summed E-state index contributed by atoms with van der Waals surface area (Å²) in [5, 5.41) is 4.27. The number of aromatic nitrogens is 2. The summed E-state index contributed by atoms with van der Waals surface area (Å²) in [5.74, 6) is 5.54. The molecule has 0 aliphatic heterocycles. The zero-order valence-corrected chi connectivity index (χ0v) is 10.3. The lowest BCUT2D eigenvalue weighted by Crippen LogP contribution is -2.33. The van der Waals surface area contributed by atoms with E-state index in [4.69, 9.17) is 10.6 Å². The van der Waals surface area contributed by atoms with Gasteiger partial charge in [-0.25, -0.2) is 5.43 Å². The molecule has 0 saturated heterocycles. The quantitative estimate of drug-likeness (QED) is 0.542. The molecular formula is C11H22N4O.